The van der Waals surface area contributed by atoms with Crippen molar-refractivity contribution in [3.63, 3.8) is 0 Å². The molecule has 0 amide bonds. The summed E-state index contributed by atoms with van der Waals surface area (Å²) < 4.78 is 26.1. The summed E-state index contributed by atoms with van der Waals surface area (Å²) in [5.41, 5.74) is 5.31. The Labute approximate surface area is 287 Å². The van der Waals surface area contributed by atoms with Crippen molar-refractivity contribution >= 4 is 5.69 Å². The van der Waals surface area contributed by atoms with Crippen molar-refractivity contribution in [3.05, 3.63) is 126 Å². The summed E-state index contributed by atoms with van der Waals surface area (Å²) in [5.74, 6) is 0.225. The Kier molecular flexibility index (Phi) is 33.4. The first-order valence-electron chi connectivity index (χ1n) is 16.3. The van der Waals surface area contributed by atoms with E-state index in [0.717, 1.165) is 43.3 Å². The van der Waals surface area contributed by atoms with Crippen LogP contribution in [0.2, 0.25) is 0 Å². The zero-order valence-corrected chi connectivity index (χ0v) is 30.4. The highest BCUT2D eigenvalue weighted by molar-refractivity contribution is 5.53. The van der Waals surface area contributed by atoms with Crippen LogP contribution in [0.3, 0.4) is 0 Å². The highest BCUT2D eigenvalue weighted by atomic mass is 19.1. The summed E-state index contributed by atoms with van der Waals surface area (Å²) in [6.45, 7) is 28.3. The van der Waals surface area contributed by atoms with Crippen LogP contribution in [0, 0.1) is 17.6 Å². The number of hydrogen-bond donors (Lipinski definition) is 3. The molecule has 4 nitrogen and oxygen atoms in total. The van der Waals surface area contributed by atoms with E-state index in [1.807, 2.05) is 73.6 Å². The molecule has 0 saturated carbocycles. The molecule has 268 valence electrons. The first kappa shape index (κ1) is 50.4. The van der Waals surface area contributed by atoms with E-state index >= 15 is 0 Å². The zero-order valence-electron chi connectivity index (χ0n) is 30.4. The van der Waals surface area contributed by atoms with Crippen LogP contribution in [-0.4, -0.2) is 35.0 Å². The van der Waals surface area contributed by atoms with Gasteiger partial charge in [0.05, 0.1) is 17.9 Å². The molecular formula is C41H67F2NO3. The molecule has 3 atom stereocenters. The Hall–Kier alpha value is -3.48. The molecule has 3 unspecified atom stereocenters. The third-order valence-electron chi connectivity index (χ3n) is 6.89. The van der Waals surface area contributed by atoms with Crippen LogP contribution in [0.4, 0.5) is 14.5 Å². The van der Waals surface area contributed by atoms with E-state index in [2.05, 4.69) is 25.0 Å². The number of aliphatic hydroxyl groups excluding tert-OH is 3. The van der Waals surface area contributed by atoms with Crippen LogP contribution in [0.5, 0.6) is 0 Å². The second-order valence-electron chi connectivity index (χ2n) is 10.2. The average molecular weight is 660 g/mol. The van der Waals surface area contributed by atoms with Crippen LogP contribution >= 0.6 is 0 Å². The molecule has 0 radical (unpaired) electrons. The van der Waals surface area contributed by atoms with E-state index in [0.29, 0.717) is 18.1 Å². The molecule has 1 fully saturated rings. The van der Waals surface area contributed by atoms with Gasteiger partial charge in [0.1, 0.15) is 11.6 Å². The number of aliphatic hydroxyl groups is 3. The van der Waals surface area contributed by atoms with Crippen molar-refractivity contribution in [2.75, 3.05) is 18.6 Å². The second kappa shape index (κ2) is 31.1. The van der Waals surface area contributed by atoms with Gasteiger partial charge >= 0.3 is 0 Å². The van der Waals surface area contributed by atoms with E-state index in [1.54, 1.807) is 37.3 Å². The van der Waals surface area contributed by atoms with Crippen molar-refractivity contribution in [2.45, 2.75) is 108 Å². The van der Waals surface area contributed by atoms with Gasteiger partial charge in [0.25, 0.3) is 0 Å². The standard InChI is InChI=1S/C21H23F2NO.C8H14O.C6H10.2C2H6.CH4O.CH4/c1-14(2)21-16(13-24(21)19-10-8-18(23)9-11-19)5-12-20(25)15-3-6-17(22)7-4-15;1-4-7(2)5-6-8(3)9;1-4-6(3)5-2;3*1-2;/h3-4,6-11,16,20-21,25H,1,5,12-13H2,2H3;5-6,9H,4H2,1-3H3;4-5H,1H2,2-3H3;2*1-2H3;2H,1H3;1H4/b;7-5-,8-6+;6-5-;;;;. The van der Waals surface area contributed by atoms with Crippen LogP contribution in [-0.2, 0) is 0 Å². The second-order valence-corrected chi connectivity index (χ2v) is 10.2. The van der Waals surface area contributed by atoms with E-state index in [-0.39, 0.29) is 25.1 Å². The van der Waals surface area contributed by atoms with E-state index in [9.17, 15) is 13.9 Å². The van der Waals surface area contributed by atoms with Crippen LogP contribution in [0.1, 0.15) is 108 Å². The molecule has 0 aliphatic carbocycles. The minimum atomic E-state index is -0.591. The molecule has 3 rings (SSSR count). The monoisotopic (exact) mass is 660 g/mol. The third kappa shape index (κ3) is 21.9. The van der Waals surface area contributed by atoms with Crippen molar-refractivity contribution in [1.82, 2.24) is 0 Å². The molecule has 0 bridgehead atoms. The molecule has 3 N–H and O–H groups in total. The lowest BCUT2D eigenvalue weighted by atomic mass is 9.79. The van der Waals surface area contributed by atoms with E-state index in [4.69, 9.17) is 10.2 Å². The van der Waals surface area contributed by atoms with Gasteiger partial charge in [-0.15, -0.1) is 0 Å². The molecule has 47 heavy (non-hydrogen) atoms. The highest BCUT2D eigenvalue weighted by Gasteiger charge is 2.39. The van der Waals surface area contributed by atoms with Crippen molar-refractivity contribution in [1.29, 1.82) is 0 Å². The van der Waals surface area contributed by atoms with E-state index < -0.39 is 6.10 Å². The van der Waals surface area contributed by atoms with Gasteiger partial charge in [-0.05, 0) is 102 Å². The van der Waals surface area contributed by atoms with Gasteiger partial charge in [0.2, 0.25) is 0 Å². The molecule has 2 aromatic rings. The maximum Gasteiger partial charge on any atom is 0.123 e. The molecule has 1 aliphatic heterocycles. The lowest BCUT2D eigenvalue weighted by molar-refractivity contribution is 0.147. The van der Waals surface area contributed by atoms with Crippen molar-refractivity contribution in [3.8, 4) is 0 Å². The van der Waals surface area contributed by atoms with Crippen LogP contribution in [0.25, 0.3) is 0 Å². The first-order valence-corrected chi connectivity index (χ1v) is 16.3. The van der Waals surface area contributed by atoms with Gasteiger partial charge in [-0.3, -0.25) is 0 Å². The Morgan fingerprint density at radius 1 is 0.915 bits per heavy atom. The van der Waals surface area contributed by atoms with Gasteiger partial charge in [-0.25, -0.2) is 8.78 Å². The fraction of sp³-hybridized carbons (Fsp3) is 0.463. The number of anilines is 1. The van der Waals surface area contributed by atoms with Gasteiger partial charge < -0.3 is 20.2 Å². The fourth-order valence-electron chi connectivity index (χ4n) is 4.12. The SMILES string of the molecule is C.C=C(C)C1C(CCC(O)c2ccc(F)cc2)CN1c1ccc(F)cc1.C=C/C(C)=C\C.CC.CC.CC/C(C)=C\C=C(/C)O.CO. The number of rotatable bonds is 9. The van der Waals surface area contributed by atoms with Gasteiger partial charge in [0, 0.05) is 25.3 Å². The van der Waals surface area contributed by atoms with Gasteiger partial charge in [-0.2, -0.15) is 0 Å². The predicted octanol–water partition coefficient (Wildman–Crippen LogP) is 12.1. The maximum absolute atomic E-state index is 13.1. The molecule has 6 heteroatoms. The Bertz CT molecular complexity index is 1150. The summed E-state index contributed by atoms with van der Waals surface area (Å²) in [6.07, 6.45) is 9.42. The summed E-state index contributed by atoms with van der Waals surface area (Å²) in [7, 11) is 1.00. The average Bonchev–Trinajstić information content (AvgIpc) is 3.06. The summed E-state index contributed by atoms with van der Waals surface area (Å²) in [4.78, 5) is 2.22. The maximum atomic E-state index is 13.1. The molecule has 0 aromatic heterocycles. The Morgan fingerprint density at radius 2 is 1.38 bits per heavy atom. The normalized spacial score (nSPS) is 15.6. The molecule has 1 heterocycles. The zero-order chi connectivity index (χ0) is 36.2. The quantitative estimate of drug-likeness (QED) is 0.142. The predicted molar refractivity (Wildman–Crippen MR) is 204 cm³/mol. The van der Waals surface area contributed by atoms with Crippen LogP contribution < -0.4 is 4.90 Å². The largest absolute Gasteiger partial charge is 0.513 e. The summed E-state index contributed by atoms with van der Waals surface area (Å²) in [6, 6.07) is 12.7. The smallest absolute Gasteiger partial charge is 0.123 e. The fourth-order valence-corrected chi connectivity index (χ4v) is 4.12. The number of halogens is 2. The molecule has 0 spiro atoms. The first-order chi connectivity index (χ1) is 21.9. The highest BCUT2D eigenvalue weighted by Crippen LogP contribution is 2.38. The molecular weight excluding hydrogens is 592 g/mol. The molecule has 1 aliphatic rings. The molecule has 1 saturated heterocycles. The number of benzene rings is 2. The van der Waals surface area contributed by atoms with E-state index in [1.165, 1.54) is 35.4 Å². The Morgan fingerprint density at radius 3 is 1.74 bits per heavy atom. The third-order valence-corrected chi connectivity index (χ3v) is 6.89. The number of allylic oxidation sites excluding steroid dienone is 7. The summed E-state index contributed by atoms with van der Waals surface area (Å²) in [5, 5.41) is 26.0. The lowest BCUT2D eigenvalue weighted by Crippen LogP contribution is -2.57. The minimum Gasteiger partial charge on any atom is -0.513 e. The van der Waals surface area contributed by atoms with Crippen LogP contribution in [0.15, 0.2) is 108 Å². The van der Waals surface area contributed by atoms with Crippen molar-refractivity contribution in [2.24, 2.45) is 5.92 Å². The van der Waals surface area contributed by atoms with Crippen molar-refractivity contribution < 1.29 is 24.1 Å². The minimum absolute atomic E-state index is 0. The summed E-state index contributed by atoms with van der Waals surface area (Å²) >= 11 is 0. The van der Waals surface area contributed by atoms with Gasteiger partial charge in [0.15, 0.2) is 0 Å². The number of nitrogens with zero attached hydrogens (tertiary/aromatic N) is 1. The van der Waals surface area contributed by atoms with Gasteiger partial charge in [-0.1, -0.05) is 102 Å². The molecule has 2 aromatic carbocycles. The Balaban J connectivity index is -0.000000350. The lowest BCUT2D eigenvalue weighted by Gasteiger charge is -2.50. The topological polar surface area (TPSA) is 63.9 Å². The number of hydrogen-bond acceptors (Lipinski definition) is 4.